The van der Waals surface area contributed by atoms with Crippen LogP contribution in [0.4, 0.5) is 24.8 Å². The zero-order valence-corrected chi connectivity index (χ0v) is 12.3. The van der Waals surface area contributed by atoms with Gasteiger partial charge in [-0.1, -0.05) is 6.92 Å². The zero-order chi connectivity index (χ0) is 15.5. The summed E-state index contributed by atoms with van der Waals surface area (Å²) in [5.41, 5.74) is -0.730. The van der Waals surface area contributed by atoms with E-state index in [1.165, 1.54) is 18.4 Å². The van der Waals surface area contributed by atoms with Crippen molar-refractivity contribution in [2.45, 2.75) is 19.0 Å². The summed E-state index contributed by atoms with van der Waals surface area (Å²) in [5.74, 6) is 0.464. The third kappa shape index (κ3) is 4.07. The van der Waals surface area contributed by atoms with E-state index in [0.717, 1.165) is 17.1 Å². The maximum absolute atomic E-state index is 12.8. The molecule has 0 aromatic carbocycles. The Bertz CT molecular complexity index is 584. The normalized spacial score (nSPS) is 13.0. The Morgan fingerprint density at radius 3 is 2.57 bits per heavy atom. The van der Waals surface area contributed by atoms with E-state index in [-0.39, 0.29) is 17.6 Å². The number of rotatable bonds is 5. The molecule has 1 atom stereocenters. The van der Waals surface area contributed by atoms with Crippen LogP contribution in [0, 0.1) is 0 Å². The maximum atomic E-state index is 12.8. The highest BCUT2D eigenvalue weighted by Gasteiger charge is 2.31. The first-order chi connectivity index (χ1) is 9.90. The van der Waals surface area contributed by atoms with Crippen LogP contribution in [0.2, 0.25) is 0 Å². The van der Waals surface area contributed by atoms with Crippen molar-refractivity contribution in [2.75, 3.05) is 24.2 Å². The first kappa shape index (κ1) is 15.6. The second-order valence-electron chi connectivity index (χ2n) is 4.53. The molecule has 114 valence electrons. The first-order valence-electron chi connectivity index (χ1n) is 6.30. The van der Waals surface area contributed by atoms with E-state index in [9.17, 15) is 13.2 Å². The highest BCUT2D eigenvalue weighted by Crippen LogP contribution is 2.32. The predicted molar refractivity (Wildman–Crippen MR) is 77.8 cm³/mol. The first-order valence-corrected chi connectivity index (χ1v) is 7.18. The van der Waals surface area contributed by atoms with Gasteiger partial charge in [0.25, 0.3) is 0 Å². The summed E-state index contributed by atoms with van der Waals surface area (Å²) in [7, 11) is 1.53. The molecule has 0 spiro atoms. The van der Waals surface area contributed by atoms with Gasteiger partial charge in [-0.15, -0.1) is 11.3 Å². The van der Waals surface area contributed by atoms with Gasteiger partial charge < -0.3 is 10.6 Å². The summed E-state index contributed by atoms with van der Waals surface area (Å²) < 4.78 is 38.4. The molecular formula is C13H15F3N4S. The number of anilines is 2. The average molecular weight is 316 g/mol. The minimum absolute atomic E-state index is 0.0966. The van der Waals surface area contributed by atoms with Gasteiger partial charge in [-0.25, -0.2) is 9.97 Å². The zero-order valence-electron chi connectivity index (χ0n) is 11.5. The van der Waals surface area contributed by atoms with Gasteiger partial charge in [0, 0.05) is 31.1 Å². The number of nitrogens with zero attached hydrogens (tertiary/aromatic N) is 2. The van der Waals surface area contributed by atoms with Crippen LogP contribution < -0.4 is 10.6 Å². The molecule has 2 aromatic heterocycles. The largest absolute Gasteiger partial charge is 0.416 e. The number of nitrogens with one attached hydrogen (secondary N) is 2. The van der Waals surface area contributed by atoms with Crippen LogP contribution in [0.15, 0.2) is 23.7 Å². The molecule has 0 aliphatic rings. The molecule has 0 aliphatic heterocycles. The number of hydrogen-bond acceptors (Lipinski definition) is 5. The molecule has 8 heteroatoms. The van der Waals surface area contributed by atoms with Crippen molar-refractivity contribution in [3.63, 3.8) is 0 Å². The smallest absolute Gasteiger partial charge is 0.373 e. The van der Waals surface area contributed by atoms with E-state index in [0.29, 0.717) is 6.54 Å². The lowest BCUT2D eigenvalue weighted by molar-refractivity contribution is -0.137. The second-order valence-corrected chi connectivity index (χ2v) is 5.45. The molecule has 0 saturated heterocycles. The van der Waals surface area contributed by atoms with Crippen LogP contribution in [0.25, 0.3) is 0 Å². The number of hydrogen-bond donors (Lipinski definition) is 2. The molecule has 2 heterocycles. The van der Waals surface area contributed by atoms with Gasteiger partial charge in [0.15, 0.2) is 0 Å². The molecule has 0 aliphatic carbocycles. The van der Waals surface area contributed by atoms with E-state index in [1.54, 1.807) is 6.20 Å². The van der Waals surface area contributed by atoms with Crippen molar-refractivity contribution in [3.05, 3.63) is 34.3 Å². The van der Waals surface area contributed by atoms with Gasteiger partial charge in [0.05, 0.1) is 10.6 Å². The number of aromatic nitrogens is 2. The quantitative estimate of drug-likeness (QED) is 0.880. The van der Waals surface area contributed by atoms with Gasteiger partial charge >= 0.3 is 6.18 Å². The third-order valence-electron chi connectivity index (χ3n) is 2.87. The van der Waals surface area contributed by atoms with Crippen molar-refractivity contribution in [3.8, 4) is 0 Å². The highest BCUT2D eigenvalue weighted by atomic mass is 32.1. The molecule has 21 heavy (non-hydrogen) atoms. The summed E-state index contributed by atoms with van der Waals surface area (Å²) in [4.78, 5) is 8.26. The fraction of sp³-hybridized carbons (Fsp3) is 0.385. The van der Waals surface area contributed by atoms with E-state index < -0.39 is 11.7 Å². The highest BCUT2D eigenvalue weighted by molar-refractivity contribution is 7.09. The van der Waals surface area contributed by atoms with Crippen LogP contribution in [-0.2, 0) is 6.18 Å². The van der Waals surface area contributed by atoms with Gasteiger partial charge in [0.1, 0.15) is 11.6 Å². The Morgan fingerprint density at radius 1 is 1.29 bits per heavy atom. The van der Waals surface area contributed by atoms with Crippen molar-refractivity contribution in [2.24, 2.45) is 0 Å². The maximum Gasteiger partial charge on any atom is 0.416 e. The Kier molecular flexibility index (Phi) is 4.66. The van der Waals surface area contributed by atoms with E-state index in [4.69, 9.17) is 0 Å². The lowest BCUT2D eigenvalue weighted by Crippen LogP contribution is -2.13. The van der Waals surface area contributed by atoms with E-state index >= 15 is 0 Å². The molecule has 0 radical (unpaired) electrons. The SMILES string of the molecule is CNc1cc(C(F)(F)F)cc(NCC(C)c2nccs2)n1. The Hall–Kier alpha value is -1.83. The number of pyridine rings is 1. The van der Waals surface area contributed by atoms with Crippen molar-refractivity contribution in [1.29, 1.82) is 0 Å². The van der Waals surface area contributed by atoms with Crippen molar-refractivity contribution >= 4 is 23.0 Å². The Morgan fingerprint density at radius 2 is 2.00 bits per heavy atom. The fourth-order valence-electron chi connectivity index (χ4n) is 1.74. The predicted octanol–water partition coefficient (Wildman–Crippen LogP) is 3.81. The summed E-state index contributed by atoms with van der Waals surface area (Å²) in [5, 5.41) is 8.37. The average Bonchev–Trinajstić information content (AvgIpc) is 2.97. The fourth-order valence-corrected chi connectivity index (χ4v) is 2.43. The van der Waals surface area contributed by atoms with Crippen LogP contribution in [0.3, 0.4) is 0 Å². The number of halogens is 3. The molecule has 4 nitrogen and oxygen atoms in total. The van der Waals surface area contributed by atoms with Crippen molar-refractivity contribution in [1.82, 2.24) is 9.97 Å². The van der Waals surface area contributed by atoms with Crippen LogP contribution in [-0.4, -0.2) is 23.6 Å². The molecule has 0 saturated carbocycles. The molecule has 0 fully saturated rings. The summed E-state index contributed by atoms with van der Waals surface area (Å²) >= 11 is 1.52. The minimum atomic E-state index is -4.40. The van der Waals surface area contributed by atoms with Crippen LogP contribution in [0.1, 0.15) is 23.4 Å². The molecule has 1 unspecified atom stereocenters. The summed E-state index contributed by atoms with van der Waals surface area (Å²) in [6.45, 7) is 2.42. The van der Waals surface area contributed by atoms with Gasteiger partial charge in [-0.3, -0.25) is 0 Å². The number of thiazole rings is 1. The van der Waals surface area contributed by atoms with Gasteiger partial charge in [0.2, 0.25) is 0 Å². The molecule has 2 aromatic rings. The van der Waals surface area contributed by atoms with E-state index in [2.05, 4.69) is 20.6 Å². The molecular weight excluding hydrogens is 301 g/mol. The number of alkyl halides is 3. The third-order valence-corrected chi connectivity index (χ3v) is 3.88. The van der Waals surface area contributed by atoms with Gasteiger partial charge in [-0.2, -0.15) is 13.2 Å². The standard InChI is InChI=1S/C13H15F3N4S/c1-8(12-18-3-4-21-12)7-19-11-6-9(13(14,15)16)5-10(17-2)20-11/h3-6,8H,7H2,1-2H3,(H2,17,19,20). The molecule has 0 bridgehead atoms. The molecule has 2 N–H and O–H groups in total. The topological polar surface area (TPSA) is 49.8 Å². The second kappa shape index (κ2) is 6.30. The van der Waals surface area contributed by atoms with Gasteiger partial charge in [-0.05, 0) is 12.1 Å². The lowest BCUT2D eigenvalue weighted by Gasteiger charge is -2.14. The minimum Gasteiger partial charge on any atom is -0.373 e. The molecule has 0 amide bonds. The summed E-state index contributed by atoms with van der Waals surface area (Å²) in [6, 6.07) is 1.99. The van der Waals surface area contributed by atoms with Crippen molar-refractivity contribution < 1.29 is 13.2 Å². The Labute approximate surface area is 124 Å². The van der Waals surface area contributed by atoms with Crippen LogP contribution in [0.5, 0.6) is 0 Å². The van der Waals surface area contributed by atoms with E-state index in [1.807, 2.05) is 12.3 Å². The van der Waals surface area contributed by atoms with Crippen LogP contribution >= 0.6 is 11.3 Å². The Balaban J connectivity index is 2.12. The lowest BCUT2D eigenvalue weighted by atomic mass is 10.2. The monoisotopic (exact) mass is 316 g/mol. The summed E-state index contributed by atoms with van der Waals surface area (Å²) in [6.07, 6.45) is -2.69. The molecule has 2 rings (SSSR count).